The van der Waals surface area contributed by atoms with Crippen LogP contribution in [0.4, 0.5) is 5.69 Å². The molecule has 2 rings (SSSR count). The summed E-state index contributed by atoms with van der Waals surface area (Å²) in [4.78, 5) is 4.28. The highest BCUT2D eigenvalue weighted by Gasteiger charge is 2.01. The number of imidazole rings is 1. The van der Waals surface area contributed by atoms with Gasteiger partial charge in [0.25, 0.3) is 0 Å². The van der Waals surface area contributed by atoms with E-state index >= 15 is 0 Å². The molecule has 0 saturated heterocycles. The van der Waals surface area contributed by atoms with Gasteiger partial charge in [0.05, 0.1) is 6.54 Å². The fourth-order valence-electron chi connectivity index (χ4n) is 1.67. The van der Waals surface area contributed by atoms with Gasteiger partial charge in [-0.2, -0.15) is 0 Å². The Kier molecular flexibility index (Phi) is 2.95. The van der Waals surface area contributed by atoms with E-state index < -0.39 is 0 Å². The molecule has 0 fully saturated rings. The van der Waals surface area contributed by atoms with E-state index in [0.29, 0.717) is 0 Å². The first-order valence-corrected chi connectivity index (χ1v) is 5.44. The molecule has 1 N–H and O–H groups in total. The molecule has 0 aliphatic rings. The van der Waals surface area contributed by atoms with Gasteiger partial charge in [0.2, 0.25) is 0 Å². The summed E-state index contributed by atoms with van der Waals surface area (Å²) in [6.45, 7) is 4.97. The predicted octanol–water partition coefficient (Wildman–Crippen LogP) is 2.65. The molecular formula is C13H17N3. The van der Waals surface area contributed by atoms with Gasteiger partial charge in [-0.25, -0.2) is 4.98 Å². The highest BCUT2D eigenvalue weighted by Crippen LogP contribution is 2.16. The highest BCUT2D eigenvalue weighted by molar-refractivity contribution is 5.52. The molecule has 0 unspecified atom stereocenters. The summed E-state index contributed by atoms with van der Waals surface area (Å²) >= 11 is 0. The van der Waals surface area contributed by atoms with Crippen molar-refractivity contribution in [1.82, 2.24) is 9.55 Å². The Labute approximate surface area is 96.1 Å². The van der Waals surface area contributed by atoms with Crippen LogP contribution in [0.15, 0.2) is 30.6 Å². The van der Waals surface area contributed by atoms with Crippen LogP contribution in [0, 0.1) is 13.8 Å². The average molecular weight is 215 g/mol. The normalized spacial score (nSPS) is 10.4. The molecule has 2 aromatic rings. The Hall–Kier alpha value is -1.77. The number of aryl methyl sites for hydroxylation is 3. The molecule has 84 valence electrons. The molecule has 1 heterocycles. The van der Waals surface area contributed by atoms with Gasteiger partial charge in [0.15, 0.2) is 0 Å². The van der Waals surface area contributed by atoms with Crippen LogP contribution in [0.5, 0.6) is 0 Å². The van der Waals surface area contributed by atoms with Crippen molar-refractivity contribution in [3.63, 3.8) is 0 Å². The number of benzene rings is 1. The smallest absolute Gasteiger partial charge is 0.127 e. The molecule has 0 atom stereocenters. The Morgan fingerprint density at radius 3 is 2.81 bits per heavy atom. The lowest BCUT2D eigenvalue weighted by Crippen LogP contribution is -2.06. The Balaban J connectivity index is 2.10. The van der Waals surface area contributed by atoms with Gasteiger partial charge in [-0.05, 0) is 31.0 Å². The van der Waals surface area contributed by atoms with Gasteiger partial charge < -0.3 is 9.88 Å². The Morgan fingerprint density at radius 2 is 2.12 bits per heavy atom. The number of nitrogens with one attached hydrogen (secondary N) is 1. The van der Waals surface area contributed by atoms with Gasteiger partial charge in [-0.15, -0.1) is 0 Å². The fraction of sp³-hybridized carbons (Fsp3) is 0.308. The summed E-state index contributed by atoms with van der Waals surface area (Å²) in [5, 5.41) is 3.41. The molecule has 0 amide bonds. The van der Waals surface area contributed by atoms with Gasteiger partial charge in [-0.1, -0.05) is 12.1 Å². The standard InChI is InChI=1S/C13H17N3/c1-10-4-5-11(2)12(8-10)15-9-13-14-6-7-16(13)3/h4-8,15H,9H2,1-3H3. The monoisotopic (exact) mass is 215 g/mol. The lowest BCUT2D eigenvalue weighted by atomic mass is 10.1. The molecule has 0 bridgehead atoms. The fourth-order valence-corrected chi connectivity index (χ4v) is 1.67. The largest absolute Gasteiger partial charge is 0.378 e. The SMILES string of the molecule is Cc1ccc(C)c(NCc2nccn2C)c1. The van der Waals surface area contributed by atoms with E-state index in [2.05, 4.69) is 42.3 Å². The third-order valence-corrected chi connectivity index (χ3v) is 2.75. The number of hydrogen-bond donors (Lipinski definition) is 1. The summed E-state index contributed by atoms with van der Waals surface area (Å²) in [6, 6.07) is 6.43. The van der Waals surface area contributed by atoms with E-state index in [1.54, 1.807) is 0 Å². The van der Waals surface area contributed by atoms with E-state index in [9.17, 15) is 0 Å². The average Bonchev–Trinajstić information content (AvgIpc) is 2.66. The van der Waals surface area contributed by atoms with Crippen molar-refractivity contribution >= 4 is 5.69 Å². The molecule has 16 heavy (non-hydrogen) atoms. The van der Waals surface area contributed by atoms with E-state index in [1.807, 2.05) is 24.0 Å². The summed E-state index contributed by atoms with van der Waals surface area (Å²) in [5.41, 5.74) is 3.72. The maximum atomic E-state index is 4.28. The minimum absolute atomic E-state index is 0.758. The van der Waals surface area contributed by atoms with Crippen molar-refractivity contribution < 1.29 is 0 Å². The molecule has 0 aliphatic heterocycles. The second kappa shape index (κ2) is 4.39. The lowest BCUT2D eigenvalue weighted by molar-refractivity contribution is 0.812. The number of aromatic nitrogens is 2. The molecule has 3 heteroatoms. The minimum Gasteiger partial charge on any atom is -0.378 e. The topological polar surface area (TPSA) is 29.9 Å². The molecule has 0 saturated carbocycles. The molecule has 0 spiro atoms. The first-order valence-electron chi connectivity index (χ1n) is 5.44. The number of anilines is 1. The van der Waals surface area contributed by atoms with Crippen LogP contribution in [0.2, 0.25) is 0 Å². The molecule has 1 aromatic carbocycles. The lowest BCUT2D eigenvalue weighted by Gasteiger charge is -2.10. The van der Waals surface area contributed by atoms with Gasteiger partial charge in [-0.3, -0.25) is 0 Å². The van der Waals surface area contributed by atoms with Crippen molar-refractivity contribution in [2.45, 2.75) is 20.4 Å². The first kappa shape index (κ1) is 10.7. The summed E-state index contributed by atoms with van der Waals surface area (Å²) in [5.74, 6) is 1.04. The van der Waals surface area contributed by atoms with Crippen LogP contribution in [-0.2, 0) is 13.6 Å². The van der Waals surface area contributed by atoms with E-state index in [0.717, 1.165) is 12.4 Å². The van der Waals surface area contributed by atoms with Crippen LogP contribution >= 0.6 is 0 Å². The molecular weight excluding hydrogens is 198 g/mol. The van der Waals surface area contributed by atoms with Crippen molar-refractivity contribution in [3.8, 4) is 0 Å². The van der Waals surface area contributed by atoms with Crippen molar-refractivity contribution in [3.05, 3.63) is 47.5 Å². The Morgan fingerprint density at radius 1 is 1.31 bits per heavy atom. The van der Waals surface area contributed by atoms with Crippen LogP contribution in [-0.4, -0.2) is 9.55 Å². The van der Waals surface area contributed by atoms with Crippen LogP contribution in [0.1, 0.15) is 17.0 Å². The third kappa shape index (κ3) is 2.24. The third-order valence-electron chi connectivity index (χ3n) is 2.75. The number of nitrogens with zero attached hydrogens (tertiary/aromatic N) is 2. The quantitative estimate of drug-likeness (QED) is 0.853. The van der Waals surface area contributed by atoms with Crippen LogP contribution < -0.4 is 5.32 Å². The van der Waals surface area contributed by atoms with Gasteiger partial charge in [0.1, 0.15) is 5.82 Å². The van der Waals surface area contributed by atoms with E-state index in [4.69, 9.17) is 0 Å². The zero-order valence-corrected chi connectivity index (χ0v) is 9.99. The highest BCUT2D eigenvalue weighted by atomic mass is 15.1. The minimum atomic E-state index is 0.758. The maximum absolute atomic E-state index is 4.28. The summed E-state index contributed by atoms with van der Waals surface area (Å²) in [6.07, 6.45) is 3.78. The van der Waals surface area contributed by atoms with Gasteiger partial charge >= 0.3 is 0 Å². The van der Waals surface area contributed by atoms with E-state index in [-0.39, 0.29) is 0 Å². The second-order valence-electron chi connectivity index (χ2n) is 4.13. The molecule has 0 aliphatic carbocycles. The predicted molar refractivity (Wildman–Crippen MR) is 66.5 cm³/mol. The summed E-state index contributed by atoms with van der Waals surface area (Å²) < 4.78 is 2.03. The van der Waals surface area contributed by atoms with Crippen molar-refractivity contribution in [2.75, 3.05) is 5.32 Å². The second-order valence-corrected chi connectivity index (χ2v) is 4.13. The first-order chi connectivity index (χ1) is 7.66. The zero-order valence-electron chi connectivity index (χ0n) is 9.99. The van der Waals surface area contributed by atoms with Crippen LogP contribution in [0.3, 0.4) is 0 Å². The molecule has 0 radical (unpaired) electrons. The summed E-state index contributed by atoms with van der Waals surface area (Å²) in [7, 11) is 2.01. The number of hydrogen-bond acceptors (Lipinski definition) is 2. The van der Waals surface area contributed by atoms with Gasteiger partial charge in [0, 0.05) is 25.1 Å². The Bertz CT molecular complexity index is 486. The number of rotatable bonds is 3. The van der Waals surface area contributed by atoms with Crippen molar-refractivity contribution in [1.29, 1.82) is 0 Å². The van der Waals surface area contributed by atoms with Crippen LogP contribution in [0.25, 0.3) is 0 Å². The zero-order chi connectivity index (χ0) is 11.5. The molecule has 1 aromatic heterocycles. The maximum Gasteiger partial charge on any atom is 0.127 e. The van der Waals surface area contributed by atoms with Crippen molar-refractivity contribution in [2.24, 2.45) is 7.05 Å². The molecule has 3 nitrogen and oxygen atoms in total. The van der Waals surface area contributed by atoms with E-state index in [1.165, 1.54) is 16.8 Å².